The number of para-hydroxylation sites is 1. The van der Waals surface area contributed by atoms with Crippen molar-refractivity contribution in [2.45, 2.75) is 44.5 Å². The first-order valence-corrected chi connectivity index (χ1v) is 12.9. The van der Waals surface area contributed by atoms with Gasteiger partial charge in [0.15, 0.2) is 0 Å². The first-order chi connectivity index (χ1) is 17.2. The van der Waals surface area contributed by atoms with E-state index in [-0.39, 0.29) is 30.6 Å². The maximum Gasteiger partial charge on any atom is 0.573 e. The Balaban J connectivity index is 0.00000253. The third-order valence-electron chi connectivity index (χ3n) is 6.45. The Bertz CT molecular complexity index is 1180. The van der Waals surface area contributed by atoms with E-state index in [1.54, 1.807) is 12.1 Å². The van der Waals surface area contributed by atoms with Crippen molar-refractivity contribution in [2.24, 2.45) is 5.92 Å². The second-order valence-electron chi connectivity index (χ2n) is 9.40. The predicted molar refractivity (Wildman–Crippen MR) is 155 cm³/mol. The Morgan fingerprint density at radius 1 is 1.03 bits per heavy atom. The summed E-state index contributed by atoms with van der Waals surface area (Å²) in [5, 5.41) is 7.97. The number of nitrogens with zero attached hydrogens (tertiary/aromatic N) is 3. The van der Waals surface area contributed by atoms with Crippen LogP contribution in [0, 0.1) is 5.92 Å². The number of benzene rings is 2. The fourth-order valence-corrected chi connectivity index (χ4v) is 4.98. The van der Waals surface area contributed by atoms with Gasteiger partial charge in [-0.1, -0.05) is 34.1 Å². The highest BCUT2D eigenvalue weighted by Crippen LogP contribution is 2.30. The summed E-state index contributed by atoms with van der Waals surface area (Å²) in [5.41, 5.74) is 1.45. The monoisotopic (exact) mass is 637 g/mol. The van der Waals surface area contributed by atoms with Crippen molar-refractivity contribution in [3.8, 4) is 5.75 Å². The molecule has 1 aliphatic carbocycles. The van der Waals surface area contributed by atoms with Gasteiger partial charge in [-0.3, -0.25) is 0 Å². The van der Waals surface area contributed by atoms with Crippen molar-refractivity contribution in [3.05, 3.63) is 52.5 Å². The van der Waals surface area contributed by atoms with Gasteiger partial charge in [-0.25, -0.2) is 4.98 Å². The van der Waals surface area contributed by atoms with Gasteiger partial charge >= 0.3 is 6.36 Å². The minimum atomic E-state index is -4.71. The van der Waals surface area contributed by atoms with E-state index in [9.17, 15) is 13.2 Å². The molecule has 1 heterocycles. The summed E-state index contributed by atoms with van der Waals surface area (Å²) in [6.45, 7) is 1.43. The van der Waals surface area contributed by atoms with Crippen LogP contribution >= 0.6 is 40.7 Å². The second-order valence-corrected chi connectivity index (χ2v) is 10.3. The van der Waals surface area contributed by atoms with Crippen LogP contribution in [0.4, 0.5) is 24.9 Å². The Morgan fingerprint density at radius 2 is 1.74 bits per heavy atom. The lowest BCUT2D eigenvalue weighted by molar-refractivity contribution is -0.274. The number of fused-ring (bicyclic) bond motifs is 1. The van der Waals surface area contributed by atoms with Gasteiger partial charge in [0.1, 0.15) is 11.6 Å². The van der Waals surface area contributed by atoms with E-state index >= 15 is 0 Å². The van der Waals surface area contributed by atoms with E-state index in [0.29, 0.717) is 40.9 Å². The molecule has 1 aliphatic rings. The summed E-state index contributed by atoms with van der Waals surface area (Å²) in [6.07, 6.45) is -0.0596. The van der Waals surface area contributed by atoms with Crippen molar-refractivity contribution in [1.82, 2.24) is 15.3 Å². The second kappa shape index (κ2) is 14.4. The van der Waals surface area contributed by atoms with Crippen LogP contribution in [-0.4, -0.2) is 49.6 Å². The molecule has 0 atom stereocenters. The Labute approximate surface area is 242 Å². The molecule has 1 aromatic heterocycles. The standard InChI is InChI=1S/C26H31BrF3N5O.2ClH/c1-35(2)24-21-5-3-4-6-22(21)33-25(34-24)32-20-11-7-17(8-12-20)16-31-14-13-18-9-10-19(27)15-23(18)36-26(28,29)30;;/h3-6,9-10,15,17,20,31H,7-8,11-14,16H2,1-2H3,(H,32,33,34);2*1H/t17-,20+;;. The van der Waals surface area contributed by atoms with Crippen LogP contribution in [0.3, 0.4) is 0 Å². The number of hydrogen-bond acceptors (Lipinski definition) is 6. The highest BCUT2D eigenvalue weighted by molar-refractivity contribution is 9.10. The fourth-order valence-electron chi connectivity index (χ4n) is 4.64. The van der Waals surface area contributed by atoms with Crippen LogP contribution in [-0.2, 0) is 6.42 Å². The molecule has 210 valence electrons. The van der Waals surface area contributed by atoms with Gasteiger partial charge in [0.25, 0.3) is 0 Å². The number of aromatic nitrogens is 2. The Kier molecular flexibility index (Phi) is 12.2. The molecule has 0 spiro atoms. The molecule has 2 N–H and O–H groups in total. The molecule has 0 amide bonds. The van der Waals surface area contributed by atoms with Gasteiger partial charge in [0.05, 0.1) is 5.52 Å². The minimum absolute atomic E-state index is 0. The molecule has 38 heavy (non-hydrogen) atoms. The van der Waals surface area contributed by atoms with Crippen molar-refractivity contribution < 1.29 is 17.9 Å². The van der Waals surface area contributed by atoms with Gasteiger partial charge in [-0.05, 0) is 80.9 Å². The van der Waals surface area contributed by atoms with Gasteiger partial charge < -0.3 is 20.3 Å². The van der Waals surface area contributed by atoms with Gasteiger partial charge in [0.2, 0.25) is 5.95 Å². The largest absolute Gasteiger partial charge is 0.573 e. The van der Waals surface area contributed by atoms with Crippen molar-refractivity contribution in [2.75, 3.05) is 37.4 Å². The summed E-state index contributed by atoms with van der Waals surface area (Å²) in [7, 11) is 3.97. The molecule has 0 saturated heterocycles. The van der Waals surface area contributed by atoms with E-state index in [1.807, 2.05) is 43.3 Å². The van der Waals surface area contributed by atoms with E-state index in [1.165, 1.54) is 6.07 Å². The molecule has 6 nitrogen and oxygen atoms in total. The fraction of sp³-hybridized carbons (Fsp3) is 0.462. The molecule has 12 heteroatoms. The third-order valence-corrected chi connectivity index (χ3v) is 6.94. The highest BCUT2D eigenvalue weighted by atomic mass is 79.9. The van der Waals surface area contributed by atoms with Crippen LogP contribution in [0.5, 0.6) is 5.75 Å². The lowest BCUT2D eigenvalue weighted by atomic mass is 9.86. The maximum absolute atomic E-state index is 12.7. The summed E-state index contributed by atoms with van der Waals surface area (Å²) in [5.74, 6) is 1.94. The molecule has 1 saturated carbocycles. The average Bonchev–Trinajstić information content (AvgIpc) is 2.82. The summed E-state index contributed by atoms with van der Waals surface area (Å²) >= 11 is 3.21. The van der Waals surface area contributed by atoms with E-state index in [0.717, 1.165) is 48.9 Å². The SMILES string of the molecule is CN(C)c1nc(N[C@H]2CC[C@@H](CNCCc3ccc(Br)cc3OC(F)(F)F)CC2)nc2ccccc12.Cl.Cl. The lowest BCUT2D eigenvalue weighted by Crippen LogP contribution is -2.32. The minimum Gasteiger partial charge on any atom is -0.405 e. The Hall–Kier alpha value is -2.01. The molecule has 1 fully saturated rings. The van der Waals surface area contributed by atoms with E-state index in [4.69, 9.17) is 9.97 Å². The topological polar surface area (TPSA) is 62.3 Å². The zero-order chi connectivity index (χ0) is 25.7. The van der Waals surface area contributed by atoms with Crippen LogP contribution in [0.25, 0.3) is 10.9 Å². The number of halogens is 6. The van der Waals surface area contributed by atoms with Gasteiger partial charge in [0, 0.05) is 30.0 Å². The van der Waals surface area contributed by atoms with Gasteiger partial charge in [-0.2, -0.15) is 4.98 Å². The number of hydrogen-bond donors (Lipinski definition) is 2. The molecule has 0 unspecified atom stereocenters. The summed E-state index contributed by atoms with van der Waals surface area (Å²) in [6, 6.07) is 13.1. The summed E-state index contributed by atoms with van der Waals surface area (Å²) in [4.78, 5) is 11.5. The number of nitrogens with one attached hydrogen (secondary N) is 2. The first kappa shape index (κ1) is 32.2. The number of rotatable bonds is 9. The maximum atomic E-state index is 12.7. The van der Waals surface area contributed by atoms with Crippen LogP contribution in [0.15, 0.2) is 46.9 Å². The van der Waals surface area contributed by atoms with E-state index < -0.39 is 6.36 Å². The number of anilines is 2. The zero-order valence-electron chi connectivity index (χ0n) is 21.2. The smallest absolute Gasteiger partial charge is 0.405 e. The molecule has 0 aliphatic heterocycles. The zero-order valence-corrected chi connectivity index (χ0v) is 24.4. The van der Waals surface area contributed by atoms with Crippen molar-refractivity contribution in [3.63, 3.8) is 0 Å². The van der Waals surface area contributed by atoms with Gasteiger partial charge in [-0.15, -0.1) is 38.0 Å². The van der Waals surface area contributed by atoms with E-state index in [2.05, 4.69) is 31.3 Å². The molecule has 0 radical (unpaired) electrons. The quantitative estimate of drug-likeness (QED) is 0.246. The van der Waals surface area contributed by atoms with Crippen molar-refractivity contribution >= 4 is 63.4 Å². The normalized spacial score (nSPS) is 17.3. The first-order valence-electron chi connectivity index (χ1n) is 12.1. The number of ether oxygens (including phenoxy) is 1. The molecular weight excluding hydrogens is 606 g/mol. The Morgan fingerprint density at radius 3 is 2.42 bits per heavy atom. The molecule has 3 aromatic rings. The number of alkyl halides is 3. The molecule has 4 rings (SSSR count). The molecule has 2 aromatic carbocycles. The third kappa shape index (κ3) is 9.03. The van der Waals surface area contributed by atoms with Crippen molar-refractivity contribution in [1.29, 1.82) is 0 Å². The van der Waals surface area contributed by atoms with Crippen LogP contribution < -0.4 is 20.3 Å². The molecular formula is C26H33BrCl2F3N5O. The summed E-state index contributed by atoms with van der Waals surface area (Å²) < 4.78 is 42.9. The predicted octanol–water partition coefficient (Wildman–Crippen LogP) is 7.00. The van der Waals surface area contributed by atoms with Crippen LogP contribution in [0.2, 0.25) is 0 Å². The van der Waals surface area contributed by atoms with Crippen LogP contribution in [0.1, 0.15) is 31.2 Å². The molecule has 0 bridgehead atoms. The average molecular weight is 639 g/mol. The lowest BCUT2D eigenvalue weighted by Gasteiger charge is -2.29. The highest BCUT2D eigenvalue weighted by Gasteiger charge is 2.32.